The molecule has 0 heterocycles. The maximum atomic E-state index is 14.0. The standard InChI is InChI=1S/C22H33F2N3/c1-8-26(9-2)14-15-27(19(5)22(6,23)24)21-13-12-20(16-17(21)3)11-10-18(4)25-7/h10-13,16,25H,4-5,8-9,14-15H2,1-3,6-7H3/b11-10+. The molecule has 0 bridgehead atoms. The van der Waals surface area contributed by atoms with Crippen LogP contribution in [0.1, 0.15) is 31.9 Å². The highest BCUT2D eigenvalue weighted by molar-refractivity contribution is 5.64. The van der Waals surface area contributed by atoms with Crippen molar-refractivity contribution in [3.05, 3.63) is 60.0 Å². The molecule has 0 saturated heterocycles. The quantitative estimate of drug-likeness (QED) is 0.544. The number of rotatable bonds is 11. The number of nitrogens with one attached hydrogen (secondary N) is 1. The molecule has 3 nitrogen and oxygen atoms in total. The minimum atomic E-state index is -2.97. The maximum absolute atomic E-state index is 14.0. The van der Waals surface area contributed by atoms with Crippen LogP contribution >= 0.6 is 0 Å². The Morgan fingerprint density at radius 2 is 1.81 bits per heavy atom. The number of hydrogen-bond acceptors (Lipinski definition) is 3. The maximum Gasteiger partial charge on any atom is 0.284 e. The molecule has 0 atom stereocenters. The summed E-state index contributed by atoms with van der Waals surface area (Å²) < 4.78 is 28.0. The van der Waals surface area contributed by atoms with Gasteiger partial charge in [0, 0.05) is 38.4 Å². The van der Waals surface area contributed by atoms with Crippen LogP contribution in [-0.2, 0) is 0 Å². The number of hydrogen-bond donors (Lipinski definition) is 1. The molecule has 0 unspecified atom stereocenters. The molecule has 1 N–H and O–H groups in total. The molecule has 27 heavy (non-hydrogen) atoms. The van der Waals surface area contributed by atoms with Crippen LogP contribution in [0.4, 0.5) is 14.5 Å². The van der Waals surface area contributed by atoms with Crippen molar-refractivity contribution in [2.75, 3.05) is 38.1 Å². The summed E-state index contributed by atoms with van der Waals surface area (Å²) in [6.07, 6.45) is 3.82. The van der Waals surface area contributed by atoms with Gasteiger partial charge in [0.1, 0.15) is 0 Å². The summed E-state index contributed by atoms with van der Waals surface area (Å²) in [5.41, 5.74) is 3.31. The minimum Gasteiger partial charge on any atom is -0.389 e. The zero-order valence-electron chi connectivity index (χ0n) is 17.3. The van der Waals surface area contributed by atoms with E-state index < -0.39 is 5.92 Å². The Labute approximate surface area is 163 Å². The van der Waals surface area contributed by atoms with Crippen molar-refractivity contribution in [1.82, 2.24) is 10.2 Å². The molecular formula is C22H33F2N3. The fraction of sp³-hybridized carbons (Fsp3) is 0.455. The topological polar surface area (TPSA) is 18.5 Å². The fourth-order valence-corrected chi connectivity index (χ4v) is 2.78. The normalized spacial score (nSPS) is 11.9. The summed E-state index contributed by atoms with van der Waals surface area (Å²) >= 11 is 0. The molecule has 1 rings (SSSR count). The summed E-state index contributed by atoms with van der Waals surface area (Å²) in [6.45, 7) is 17.5. The first-order valence-electron chi connectivity index (χ1n) is 9.36. The first-order chi connectivity index (χ1) is 12.6. The van der Waals surface area contributed by atoms with Gasteiger partial charge in [-0.15, -0.1) is 0 Å². The van der Waals surface area contributed by atoms with E-state index in [-0.39, 0.29) is 5.70 Å². The molecule has 0 aliphatic carbocycles. The fourth-order valence-electron chi connectivity index (χ4n) is 2.78. The Morgan fingerprint density at radius 1 is 1.19 bits per heavy atom. The summed E-state index contributed by atoms with van der Waals surface area (Å²) in [4.78, 5) is 3.86. The van der Waals surface area contributed by atoms with Crippen LogP contribution in [0.15, 0.2) is 48.8 Å². The first-order valence-corrected chi connectivity index (χ1v) is 9.36. The van der Waals surface area contributed by atoms with E-state index in [9.17, 15) is 8.78 Å². The van der Waals surface area contributed by atoms with Gasteiger partial charge in [-0.1, -0.05) is 39.1 Å². The van der Waals surface area contributed by atoms with E-state index in [1.807, 2.05) is 44.3 Å². The molecule has 150 valence electrons. The van der Waals surface area contributed by atoms with Gasteiger partial charge >= 0.3 is 0 Å². The highest BCUT2D eigenvalue weighted by Crippen LogP contribution is 2.32. The van der Waals surface area contributed by atoms with Crippen molar-refractivity contribution < 1.29 is 8.78 Å². The first kappa shape index (κ1) is 22.9. The molecule has 1 aromatic rings. The van der Waals surface area contributed by atoms with Crippen LogP contribution in [0.5, 0.6) is 0 Å². The van der Waals surface area contributed by atoms with Gasteiger partial charge in [0.05, 0.1) is 5.70 Å². The average Bonchev–Trinajstić information content (AvgIpc) is 2.63. The van der Waals surface area contributed by atoms with E-state index in [0.717, 1.165) is 42.5 Å². The number of anilines is 1. The number of nitrogens with zero attached hydrogens (tertiary/aromatic N) is 2. The zero-order chi connectivity index (χ0) is 20.6. The van der Waals surface area contributed by atoms with Gasteiger partial charge in [-0.25, -0.2) is 8.78 Å². The summed E-state index contributed by atoms with van der Waals surface area (Å²) in [5.74, 6) is -2.97. The molecule has 5 heteroatoms. The molecule has 1 aromatic carbocycles. The van der Waals surface area contributed by atoms with Crippen LogP contribution in [-0.4, -0.2) is 44.0 Å². The molecule has 0 fully saturated rings. The third-order valence-electron chi connectivity index (χ3n) is 4.68. The van der Waals surface area contributed by atoms with Gasteiger partial charge in [-0.3, -0.25) is 0 Å². The Hall–Kier alpha value is -2.14. The van der Waals surface area contributed by atoms with Crippen LogP contribution in [0.2, 0.25) is 0 Å². The number of aryl methyl sites for hydroxylation is 1. The van der Waals surface area contributed by atoms with E-state index in [1.165, 1.54) is 0 Å². The van der Waals surface area contributed by atoms with E-state index in [0.29, 0.717) is 13.1 Å². The molecule has 0 spiro atoms. The van der Waals surface area contributed by atoms with Gasteiger partial charge < -0.3 is 15.1 Å². The van der Waals surface area contributed by atoms with E-state index in [2.05, 4.69) is 37.2 Å². The second-order valence-corrected chi connectivity index (χ2v) is 6.67. The predicted molar refractivity (Wildman–Crippen MR) is 113 cm³/mol. The zero-order valence-corrected chi connectivity index (χ0v) is 17.3. The van der Waals surface area contributed by atoms with Crippen LogP contribution in [0.3, 0.4) is 0 Å². The number of alkyl halides is 2. The van der Waals surface area contributed by atoms with Gasteiger partial charge in [-0.2, -0.15) is 0 Å². The lowest BCUT2D eigenvalue weighted by molar-refractivity contribution is 0.0605. The Kier molecular flexibility index (Phi) is 8.70. The lowest BCUT2D eigenvalue weighted by Gasteiger charge is -2.33. The Bertz CT molecular complexity index is 671. The summed E-state index contributed by atoms with van der Waals surface area (Å²) in [5, 5.41) is 2.96. The van der Waals surface area contributed by atoms with Crippen molar-refractivity contribution in [2.24, 2.45) is 0 Å². The summed E-state index contributed by atoms with van der Waals surface area (Å²) in [7, 11) is 1.81. The molecule has 0 amide bonds. The van der Waals surface area contributed by atoms with Crippen LogP contribution in [0.25, 0.3) is 6.08 Å². The minimum absolute atomic E-state index is 0.176. The van der Waals surface area contributed by atoms with Crippen molar-refractivity contribution in [3.8, 4) is 0 Å². The predicted octanol–water partition coefficient (Wildman–Crippen LogP) is 5.06. The van der Waals surface area contributed by atoms with Crippen LogP contribution in [0, 0.1) is 6.92 Å². The summed E-state index contributed by atoms with van der Waals surface area (Å²) in [6, 6.07) is 5.80. The third-order valence-corrected chi connectivity index (χ3v) is 4.68. The highest BCUT2D eigenvalue weighted by Gasteiger charge is 2.31. The average molecular weight is 378 g/mol. The number of allylic oxidation sites excluding steroid dienone is 2. The molecule has 0 radical (unpaired) electrons. The SMILES string of the molecule is C=C(/C=C/c1ccc(N(CCN(CC)CC)C(=C)C(C)(F)F)c(C)c1)NC. The monoisotopic (exact) mass is 377 g/mol. The number of benzene rings is 1. The smallest absolute Gasteiger partial charge is 0.284 e. The lowest BCUT2D eigenvalue weighted by Crippen LogP contribution is -2.38. The van der Waals surface area contributed by atoms with Gasteiger partial charge in [0.25, 0.3) is 5.92 Å². The molecule has 0 aliphatic heterocycles. The highest BCUT2D eigenvalue weighted by atomic mass is 19.3. The van der Waals surface area contributed by atoms with Gasteiger partial charge in [0.2, 0.25) is 0 Å². The van der Waals surface area contributed by atoms with Crippen LogP contribution < -0.4 is 10.2 Å². The third kappa shape index (κ3) is 6.83. The van der Waals surface area contributed by atoms with Crippen molar-refractivity contribution >= 4 is 11.8 Å². The van der Waals surface area contributed by atoms with Crippen molar-refractivity contribution in [2.45, 2.75) is 33.6 Å². The molecule has 0 saturated carbocycles. The number of likely N-dealkylation sites (N-methyl/N-ethyl adjacent to an activating group) is 2. The Morgan fingerprint density at radius 3 is 2.30 bits per heavy atom. The largest absolute Gasteiger partial charge is 0.389 e. The molecule has 0 aliphatic rings. The van der Waals surface area contributed by atoms with Crippen molar-refractivity contribution in [1.29, 1.82) is 0 Å². The molecule has 0 aromatic heterocycles. The molecular weight excluding hydrogens is 344 g/mol. The lowest BCUT2D eigenvalue weighted by atomic mass is 10.1. The second-order valence-electron chi connectivity index (χ2n) is 6.67. The van der Waals surface area contributed by atoms with E-state index in [1.54, 1.807) is 4.90 Å². The Balaban J connectivity index is 3.15. The van der Waals surface area contributed by atoms with Gasteiger partial charge in [0.15, 0.2) is 0 Å². The van der Waals surface area contributed by atoms with Gasteiger partial charge in [-0.05, 0) is 49.3 Å². The number of halogens is 2. The second kappa shape index (κ2) is 10.3. The van der Waals surface area contributed by atoms with Crippen molar-refractivity contribution in [3.63, 3.8) is 0 Å². The van der Waals surface area contributed by atoms with E-state index in [4.69, 9.17) is 0 Å². The van der Waals surface area contributed by atoms with E-state index >= 15 is 0 Å².